The van der Waals surface area contributed by atoms with Crippen molar-refractivity contribution in [3.8, 4) is 0 Å². The van der Waals surface area contributed by atoms with Gasteiger partial charge in [-0.15, -0.1) is 0 Å². The summed E-state index contributed by atoms with van der Waals surface area (Å²) in [6, 6.07) is 0. The van der Waals surface area contributed by atoms with E-state index in [0.717, 1.165) is 0 Å². The summed E-state index contributed by atoms with van der Waals surface area (Å²) >= 11 is 0. The molecule has 5 atom stereocenters. The quantitative estimate of drug-likeness (QED) is 0.377. The van der Waals surface area contributed by atoms with Crippen LogP contribution in [0.4, 0.5) is 0 Å². The van der Waals surface area contributed by atoms with Crippen LogP contribution in [0.25, 0.3) is 0 Å². The first kappa shape index (κ1) is 19.9. The average molecular weight is 342 g/mol. The van der Waals surface area contributed by atoms with Gasteiger partial charge >= 0.3 is 17.9 Å². The summed E-state index contributed by atoms with van der Waals surface area (Å²) in [6.45, 7) is 3.94. The number of rotatable bonds is 7. The highest BCUT2D eigenvalue weighted by Gasteiger charge is 2.29. The topological polar surface area (TPSA) is 119 Å². The van der Waals surface area contributed by atoms with Crippen LogP contribution >= 0.6 is 0 Å². The van der Waals surface area contributed by atoms with Gasteiger partial charge in [-0.2, -0.15) is 0 Å². The predicted molar refractivity (Wildman–Crippen MR) is 81.6 cm³/mol. The lowest BCUT2D eigenvalue weighted by Crippen LogP contribution is -2.40. The van der Waals surface area contributed by atoms with Gasteiger partial charge in [-0.05, 0) is 13.0 Å². The number of cyclic esters (lactones) is 1. The van der Waals surface area contributed by atoms with Gasteiger partial charge < -0.3 is 24.4 Å². The molecule has 8 heteroatoms. The van der Waals surface area contributed by atoms with Gasteiger partial charge in [-0.3, -0.25) is 9.59 Å². The van der Waals surface area contributed by atoms with Crippen molar-refractivity contribution >= 4 is 17.9 Å². The molecule has 0 aromatic rings. The van der Waals surface area contributed by atoms with Crippen LogP contribution < -0.4 is 0 Å². The van der Waals surface area contributed by atoms with Crippen LogP contribution in [-0.4, -0.2) is 58.6 Å². The van der Waals surface area contributed by atoms with E-state index in [9.17, 15) is 24.6 Å². The first-order valence-corrected chi connectivity index (χ1v) is 7.46. The Morgan fingerprint density at radius 1 is 1.25 bits per heavy atom. The van der Waals surface area contributed by atoms with Crippen LogP contribution in [0, 0.1) is 0 Å². The Morgan fingerprint density at radius 3 is 2.42 bits per heavy atom. The maximum Gasteiger partial charge on any atom is 0.330 e. The number of aliphatic hydroxyl groups is 2. The normalized spacial score (nSPS) is 22.4. The van der Waals surface area contributed by atoms with Gasteiger partial charge in [-0.1, -0.05) is 12.2 Å². The number of ether oxygens (including phenoxy) is 3. The zero-order valence-corrected chi connectivity index (χ0v) is 13.7. The largest absolute Gasteiger partial charge is 0.459 e. The molecule has 0 unspecified atom stereocenters. The molecule has 0 radical (unpaired) electrons. The van der Waals surface area contributed by atoms with Crippen LogP contribution in [0.5, 0.6) is 0 Å². The number of hydrogen-bond acceptors (Lipinski definition) is 8. The van der Waals surface area contributed by atoms with Crippen molar-refractivity contribution in [3.63, 3.8) is 0 Å². The molecule has 2 N–H and O–H groups in total. The molecule has 1 heterocycles. The van der Waals surface area contributed by atoms with E-state index < -0.39 is 48.4 Å². The molecule has 0 aromatic heterocycles. The highest BCUT2D eigenvalue weighted by molar-refractivity contribution is 5.82. The Labute approximate surface area is 139 Å². The van der Waals surface area contributed by atoms with Crippen molar-refractivity contribution in [2.45, 2.75) is 57.7 Å². The van der Waals surface area contributed by atoms with Crippen molar-refractivity contribution in [2.24, 2.45) is 0 Å². The Balaban J connectivity index is 2.72. The molecule has 0 bridgehead atoms. The fourth-order valence-corrected chi connectivity index (χ4v) is 2.11. The molecule has 0 amide bonds. The van der Waals surface area contributed by atoms with E-state index >= 15 is 0 Å². The van der Waals surface area contributed by atoms with Gasteiger partial charge in [0.05, 0.1) is 0 Å². The first-order chi connectivity index (χ1) is 11.2. The van der Waals surface area contributed by atoms with Crippen LogP contribution in [0.3, 0.4) is 0 Å². The summed E-state index contributed by atoms with van der Waals surface area (Å²) in [4.78, 5) is 33.3. The van der Waals surface area contributed by atoms with Gasteiger partial charge in [0.2, 0.25) is 0 Å². The molecule has 0 saturated heterocycles. The predicted octanol–water partition coefficient (Wildman–Crippen LogP) is 0.0194. The molecule has 0 saturated carbocycles. The van der Waals surface area contributed by atoms with Crippen LogP contribution in [-0.2, 0) is 28.6 Å². The first-order valence-electron chi connectivity index (χ1n) is 7.46. The lowest BCUT2D eigenvalue weighted by molar-refractivity contribution is -0.160. The molecular formula is C16H22O8. The fraction of sp³-hybridized carbons (Fsp3) is 0.562. The Hall–Kier alpha value is -2.19. The fourth-order valence-electron chi connectivity index (χ4n) is 2.11. The Kier molecular flexibility index (Phi) is 7.60. The van der Waals surface area contributed by atoms with Crippen molar-refractivity contribution in [1.82, 2.24) is 0 Å². The van der Waals surface area contributed by atoms with Gasteiger partial charge in [0.1, 0.15) is 24.4 Å². The molecule has 134 valence electrons. The number of aliphatic hydroxyl groups excluding tert-OH is 2. The highest BCUT2D eigenvalue weighted by Crippen LogP contribution is 2.16. The van der Waals surface area contributed by atoms with Gasteiger partial charge in [-0.25, -0.2) is 4.79 Å². The number of hydrogen-bond donors (Lipinski definition) is 2. The van der Waals surface area contributed by atoms with E-state index in [2.05, 4.69) is 0 Å². The number of esters is 3. The smallest absolute Gasteiger partial charge is 0.330 e. The van der Waals surface area contributed by atoms with E-state index in [4.69, 9.17) is 14.2 Å². The van der Waals surface area contributed by atoms with E-state index in [1.54, 1.807) is 6.08 Å². The third-order valence-corrected chi connectivity index (χ3v) is 3.24. The second kappa shape index (κ2) is 9.19. The van der Waals surface area contributed by atoms with Crippen molar-refractivity contribution in [2.75, 3.05) is 0 Å². The molecule has 1 aliphatic heterocycles. The average Bonchev–Trinajstić information content (AvgIpc) is 2.49. The third kappa shape index (κ3) is 6.51. The van der Waals surface area contributed by atoms with Crippen LogP contribution in [0.1, 0.15) is 27.2 Å². The van der Waals surface area contributed by atoms with Crippen LogP contribution in [0.2, 0.25) is 0 Å². The minimum atomic E-state index is -1.36. The summed E-state index contributed by atoms with van der Waals surface area (Å²) in [5, 5.41) is 20.0. The number of carbonyl (C=O) groups is 3. The van der Waals surface area contributed by atoms with E-state index in [-0.39, 0.29) is 6.42 Å². The molecule has 1 rings (SSSR count). The van der Waals surface area contributed by atoms with Crippen molar-refractivity contribution in [3.05, 3.63) is 24.3 Å². The summed E-state index contributed by atoms with van der Waals surface area (Å²) in [5.41, 5.74) is 0. The maximum atomic E-state index is 11.2. The lowest BCUT2D eigenvalue weighted by Gasteiger charge is -2.26. The molecule has 8 nitrogen and oxygen atoms in total. The Morgan fingerprint density at radius 2 is 1.88 bits per heavy atom. The molecule has 0 aromatic carbocycles. The molecule has 24 heavy (non-hydrogen) atoms. The monoisotopic (exact) mass is 342 g/mol. The Bertz CT molecular complexity index is 524. The SMILES string of the molecule is CC(=O)O[C@@H](/C=C/[C@H](O)[C@@H](O)[C@@H]1CC=CC(=O)O1)[C@@H](C)OC(C)=O. The van der Waals surface area contributed by atoms with Gasteiger partial charge in [0.25, 0.3) is 0 Å². The van der Waals surface area contributed by atoms with Crippen LogP contribution in [0.15, 0.2) is 24.3 Å². The third-order valence-electron chi connectivity index (χ3n) is 3.24. The zero-order valence-electron chi connectivity index (χ0n) is 13.7. The molecule has 0 fully saturated rings. The number of carbonyl (C=O) groups excluding carboxylic acids is 3. The van der Waals surface area contributed by atoms with Gasteiger partial charge in [0, 0.05) is 26.3 Å². The second-order valence-electron chi connectivity index (χ2n) is 5.37. The lowest BCUT2D eigenvalue weighted by atomic mass is 10.0. The minimum Gasteiger partial charge on any atom is -0.459 e. The summed E-state index contributed by atoms with van der Waals surface area (Å²) in [5.74, 6) is -1.73. The standard InChI is InChI=1S/C16H22O8/c1-9(22-10(2)17)13(23-11(3)18)8-7-12(19)16(21)14-5-4-6-15(20)24-14/h4,6-9,12-14,16,19,21H,5H2,1-3H3/b8-7+/t9-,12+,13+,14+,16-/m1/s1. The zero-order chi connectivity index (χ0) is 18.3. The minimum absolute atomic E-state index is 0.273. The molecule has 1 aliphatic rings. The second-order valence-corrected chi connectivity index (χ2v) is 5.37. The molecular weight excluding hydrogens is 320 g/mol. The molecule has 0 aliphatic carbocycles. The van der Waals surface area contributed by atoms with E-state index in [1.165, 1.54) is 39.0 Å². The summed E-state index contributed by atoms with van der Waals surface area (Å²) in [6.07, 6.45) is 0.269. The summed E-state index contributed by atoms with van der Waals surface area (Å²) < 4.78 is 14.9. The highest BCUT2D eigenvalue weighted by atomic mass is 16.6. The van der Waals surface area contributed by atoms with E-state index in [1.807, 2.05) is 0 Å². The van der Waals surface area contributed by atoms with Crippen molar-refractivity contribution in [1.29, 1.82) is 0 Å². The summed E-state index contributed by atoms with van der Waals surface area (Å²) in [7, 11) is 0. The van der Waals surface area contributed by atoms with Crippen molar-refractivity contribution < 1.29 is 38.8 Å². The molecule has 0 spiro atoms. The van der Waals surface area contributed by atoms with E-state index in [0.29, 0.717) is 0 Å². The van der Waals surface area contributed by atoms with Gasteiger partial charge in [0.15, 0.2) is 6.10 Å². The maximum absolute atomic E-state index is 11.2.